The molecule has 1 unspecified atom stereocenters. The van der Waals surface area contributed by atoms with Crippen molar-refractivity contribution in [3.8, 4) is 28.2 Å². The average Bonchev–Trinajstić information content (AvgIpc) is 3.39. The summed E-state index contributed by atoms with van der Waals surface area (Å²) in [6.45, 7) is 7.31. The van der Waals surface area contributed by atoms with E-state index in [-0.39, 0.29) is 17.6 Å². The first-order valence-corrected chi connectivity index (χ1v) is 14.6. The van der Waals surface area contributed by atoms with Crippen molar-refractivity contribution in [1.29, 1.82) is 0 Å². The molecule has 2 heterocycles. The van der Waals surface area contributed by atoms with Crippen LogP contribution in [0.5, 0.6) is 5.75 Å². The predicted molar refractivity (Wildman–Crippen MR) is 163 cm³/mol. The second kappa shape index (κ2) is 13.2. The minimum absolute atomic E-state index is 0.166. The van der Waals surface area contributed by atoms with Gasteiger partial charge in [0.05, 0.1) is 12.2 Å². The second-order valence-corrected chi connectivity index (χ2v) is 11.3. The molecule has 0 saturated carbocycles. The van der Waals surface area contributed by atoms with E-state index in [1.165, 1.54) is 25.0 Å². The maximum absolute atomic E-state index is 13.6. The number of ether oxygens (including phenoxy) is 1. The summed E-state index contributed by atoms with van der Waals surface area (Å²) in [7, 11) is 1.56. The van der Waals surface area contributed by atoms with Crippen LogP contribution in [0.25, 0.3) is 33.4 Å². The number of halogens is 1. The van der Waals surface area contributed by atoms with Crippen LogP contribution < -0.4 is 20.7 Å². The van der Waals surface area contributed by atoms with Crippen molar-refractivity contribution in [3.05, 3.63) is 77.6 Å². The zero-order chi connectivity index (χ0) is 29.6. The lowest BCUT2D eigenvalue weighted by molar-refractivity contribution is 0.0945. The molecule has 3 aromatic carbocycles. The summed E-state index contributed by atoms with van der Waals surface area (Å²) in [6.07, 6.45) is 3.31. The summed E-state index contributed by atoms with van der Waals surface area (Å²) in [4.78, 5) is 26.2. The quantitative estimate of drug-likeness (QED) is 0.204. The molecule has 1 aliphatic heterocycles. The molecule has 5 rings (SSSR count). The van der Waals surface area contributed by atoms with Crippen LogP contribution in [0.1, 0.15) is 53.8 Å². The highest BCUT2D eigenvalue weighted by Gasteiger charge is 2.22. The Hall–Kier alpha value is -4.17. The standard InChI is InChI=1S/C34H38FN3O4/c1-21(2)19-38-33(39)26-15-25(16-28(17-26)41-14-12-22-5-4-13-37-20-22)24-8-11-30-29(18-24)31(34(40)36-3)32(42-30)23-6-9-27(35)10-7-23/h6-11,15-18,21-22,37H,4-5,12-14,19-20H2,1-3H3,(H,36,40)(H,38,39). The maximum atomic E-state index is 13.6. The fraction of sp³-hybridized carbons (Fsp3) is 0.353. The Morgan fingerprint density at radius 1 is 1.02 bits per heavy atom. The SMILES string of the molecule is CNC(=O)c1c(-c2ccc(F)cc2)oc2ccc(-c3cc(OCCC4CCCNC4)cc(C(=O)NCC(C)C)c3)cc12. The molecule has 1 fully saturated rings. The number of carbonyl (C=O) groups excluding carboxylic acids is 2. The molecule has 1 atom stereocenters. The molecule has 220 valence electrons. The van der Waals surface area contributed by atoms with Gasteiger partial charge in [-0.05, 0) is 110 Å². The Balaban J connectivity index is 1.52. The number of carbonyl (C=O) groups is 2. The average molecular weight is 572 g/mol. The summed E-state index contributed by atoms with van der Waals surface area (Å²) in [5.74, 6) is 1.04. The monoisotopic (exact) mass is 571 g/mol. The molecular formula is C34H38FN3O4. The maximum Gasteiger partial charge on any atom is 0.255 e. The molecule has 0 aliphatic carbocycles. The molecule has 0 radical (unpaired) electrons. The summed E-state index contributed by atoms with van der Waals surface area (Å²) in [6, 6.07) is 17.0. The molecule has 0 spiro atoms. The third-order valence-electron chi connectivity index (χ3n) is 7.62. The van der Waals surface area contributed by atoms with E-state index in [1.54, 1.807) is 25.2 Å². The molecule has 8 heteroatoms. The largest absolute Gasteiger partial charge is 0.494 e. The van der Waals surface area contributed by atoms with E-state index in [0.29, 0.717) is 64.2 Å². The van der Waals surface area contributed by atoms with Crippen LogP contribution in [-0.2, 0) is 0 Å². The molecular weight excluding hydrogens is 533 g/mol. The van der Waals surface area contributed by atoms with Gasteiger partial charge in [-0.15, -0.1) is 0 Å². The van der Waals surface area contributed by atoms with Crippen molar-refractivity contribution < 1.29 is 23.1 Å². The van der Waals surface area contributed by atoms with Gasteiger partial charge < -0.3 is 25.1 Å². The fourth-order valence-electron chi connectivity index (χ4n) is 5.33. The Labute approximate surface area is 245 Å². The van der Waals surface area contributed by atoms with Gasteiger partial charge >= 0.3 is 0 Å². The van der Waals surface area contributed by atoms with E-state index < -0.39 is 0 Å². The minimum Gasteiger partial charge on any atom is -0.494 e. The van der Waals surface area contributed by atoms with Crippen molar-refractivity contribution in [2.75, 3.05) is 33.3 Å². The normalized spacial score (nSPS) is 15.1. The third-order valence-corrected chi connectivity index (χ3v) is 7.62. The van der Waals surface area contributed by atoms with Gasteiger partial charge in [0, 0.05) is 30.1 Å². The van der Waals surface area contributed by atoms with E-state index in [9.17, 15) is 14.0 Å². The summed E-state index contributed by atoms with van der Waals surface area (Å²) < 4.78 is 25.9. The minimum atomic E-state index is -0.371. The molecule has 4 aromatic rings. The van der Waals surface area contributed by atoms with E-state index in [4.69, 9.17) is 9.15 Å². The lowest BCUT2D eigenvalue weighted by Gasteiger charge is -2.22. The Morgan fingerprint density at radius 2 is 1.81 bits per heavy atom. The molecule has 1 aliphatic rings. The van der Waals surface area contributed by atoms with E-state index in [2.05, 4.69) is 29.8 Å². The predicted octanol–water partition coefficient (Wildman–Crippen LogP) is 6.42. The van der Waals surface area contributed by atoms with E-state index in [0.717, 1.165) is 30.6 Å². The Bertz CT molecular complexity index is 1560. The highest BCUT2D eigenvalue weighted by atomic mass is 19.1. The van der Waals surface area contributed by atoms with Crippen LogP contribution in [0.2, 0.25) is 0 Å². The first-order chi connectivity index (χ1) is 20.3. The van der Waals surface area contributed by atoms with Gasteiger partial charge in [-0.3, -0.25) is 9.59 Å². The Morgan fingerprint density at radius 3 is 2.52 bits per heavy atom. The van der Waals surface area contributed by atoms with Crippen LogP contribution in [0.3, 0.4) is 0 Å². The number of hydrogen-bond acceptors (Lipinski definition) is 5. The van der Waals surface area contributed by atoms with Gasteiger partial charge in [-0.1, -0.05) is 19.9 Å². The number of piperidine rings is 1. The van der Waals surface area contributed by atoms with Gasteiger partial charge in [0.2, 0.25) is 0 Å². The van der Waals surface area contributed by atoms with Crippen molar-refractivity contribution in [3.63, 3.8) is 0 Å². The number of amides is 2. The third kappa shape index (κ3) is 6.82. The first-order valence-electron chi connectivity index (χ1n) is 14.6. The zero-order valence-corrected chi connectivity index (χ0v) is 24.4. The first kappa shape index (κ1) is 29.3. The number of hydrogen-bond donors (Lipinski definition) is 3. The highest BCUT2D eigenvalue weighted by molar-refractivity contribution is 6.12. The number of rotatable bonds is 10. The smallest absolute Gasteiger partial charge is 0.255 e. The van der Waals surface area contributed by atoms with Gasteiger partial charge in [-0.2, -0.15) is 0 Å². The molecule has 2 amide bonds. The fourth-order valence-corrected chi connectivity index (χ4v) is 5.33. The molecule has 7 nitrogen and oxygen atoms in total. The molecule has 1 aromatic heterocycles. The number of benzene rings is 3. The number of fused-ring (bicyclic) bond motifs is 1. The summed E-state index contributed by atoms with van der Waals surface area (Å²) in [5, 5.41) is 9.76. The number of furan rings is 1. The Kier molecular flexibility index (Phi) is 9.22. The zero-order valence-electron chi connectivity index (χ0n) is 24.4. The van der Waals surface area contributed by atoms with Gasteiger partial charge in [0.25, 0.3) is 11.8 Å². The van der Waals surface area contributed by atoms with Gasteiger partial charge in [0.15, 0.2) is 0 Å². The van der Waals surface area contributed by atoms with Crippen LogP contribution in [-0.4, -0.2) is 45.1 Å². The van der Waals surface area contributed by atoms with Gasteiger partial charge in [-0.25, -0.2) is 4.39 Å². The van der Waals surface area contributed by atoms with Crippen LogP contribution in [0, 0.1) is 17.7 Å². The molecule has 42 heavy (non-hydrogen) atoms. The lowest BCUT2D eigenvalue weighted by atomic mass is 9.97. The van der Waals surface area contributed by atoms with Crippen molar-refractivity contribution in [2.24, 2.45) is 11.8 Å². The van der Waals surface area contributed by atoms with Crippen LogP contribution in [0.4, 0.5) is 4.39 Å². The van der Waals surface area contributed by atoms with E-state index >= 15 is 0 Å². The topological polar surface area (TPSA) is 92.6 Å². The molecule has 1 saturated heterocycles. The summed E-state index contributed by atoms with van der Waals surface area (Å²) >= 11 is 0. The van der Waals surface area contributed by atoms with Crippen LogP contribution >= 0.6 is 0 Å². The van der Waals surface area contributed by atoms with E-state index in [1.807, 2.05) is 30.3 Å². The van der Waals surface area contributed by atoms with Crippen LogP contribution in [0.15, 0.2) is 65.1 Å². The summed E-state index contributed by atoms with van der Waals surface area (Å²) in [5.41, 5.74) is 3.59. The molecule has 3 N–H and O–H groups in total. The van der Waals surface area contributed by atoms with Gasteiger partial charge in [0.1, 0.15) is 22.9 Å². The lowest BCUT2D eigenvalue weighted by Crippen LogP contribution is -2.30. The van der Waals surface area contributed by atoms with Crippen molar-refractivity contribution >= 4 is 22.8 Å². The number of nitrogens with one attached hydrogen (secondary N) is 3. The second-order valence-electron chi connectivity index (χ2n) is 11.3. The van der Waals surface area contributed by atoms with Crippen molar-refractivity contribution in [2.45, 2.75) is 33.1 Å². The highest BCUT2D eigenvalue weighted by Crippen LogP contribution is 2.37. The van der Waals surface area contributed by atoms with Crippen molar-refractivity contribution in [1.82, 2.24) is 16.0 Å². The molecule has 0 bridgehead atoms.